The molecule has 1 nitrogen and oxygen atoms in total. The van der Waals surface area contributed by atoms with Crippen molar-refractivity contribution >= 4 is 15.9 Å². The Morgan fingerprint density at radius 1 is 1.05 bits per heavy atom. The summed E-state index contributed by atoms with van der Waals surface area (Å²) in [6.07, 6.45) is 0.882. The van der Waals surface area contributed by atoms with Gasteiger partial charge in [0.15, 0.2) is 0 Å². The zero-order chi connectivity index (χ0) is 15.4. The second-order valence-corrected chi connectivity index (χ2v) is 6.47. The second-order valence-electron chi connectivity index (χ2n) is 5.62. The first-order valence-corrected chi connectivity index (χ1v) is 8.01. The van der Waals surface area contributed by atoms with Crippen LogP contribution in [0.2, 0.25) is 0 Å². The molecule has 1 unspecified atom stereocenters. The molecule has 0 radical (unpaired) electrons. The third-order valence-corrected chi connectivity index (χ3v) is 4.39. The van der Waals surface area contributed by atoms with Crippen molar-refractivity contribution in [3.8, 4) is 0 Å². The van der Waals surface area contributed by atoms with Crippen LogP contribution in [0.5, 0.6) is 0 Å². The third-order valence-electron chi connectivity index (χ3n) is 3.78. The number of halogens is 2. The highest BCUT2D eigenvalue weighted by atomic mass is 79.9. The van der Waals surface area contributed by atoms with Gasteiger partial charge in [0.05, 0.1) is 4.47 Å². The van der Waals surface area contributed by atoms with E-state index in [2.05, 4.69) is 59.4 Å². The van der Waals surface area contributed by atoms with Crippen LogP contribution in [-0.2, 0) is 6.42 Å². The molecule has 2 aromatic rings. The van der Waals surface area contributed by atoms with E-state index in [9.17, 15) is 4.39 Å². The van der Waals surface area contributed by atoms with Crippen LogP contribution in [0.3, 0.4) is 0 Å². The molecule has 1 N–H and O–H groups in total. The summed E-state index contributed by atoms with van der Waals surface area (Å²) in [6.45, 7) is 4.39. The number of nitrogens with one attached hydrogen (secondary N) is 1. The summed E-state index contributed by atoms with van der Waals surface area (Å²) in [6, 6.07) is 14.1. The van der Waals surface area contributed by atoms with E-state index in [4.69, 9.17) is 0 Å². The minimum absolute atomic E-state index is 0.173. The molecule has 1 atom stereocenters. The molecule has 0 aliphatic heterocycles. The van der Waals surface area contributed by atoms with Crippen molar-refractivity contribution in [1.29, 1.82) is 0 Å². The first-order chi connectivity index (χ1) is 10.0. The maximum absolute atomic E-state index is 13.3. The van der Waals surface area contributed by atoms with E-state index < -0.39 is 0 Å². The molecule has 0 heterocycles. The predicted octanol–water partition coefficient (Wildman–Crippen LogP) is 5.21. The quantitative estimate of drug-likeness (QED) is 0.780. The van der Waals surface area contributed by atoms with Crippen LogP contribution in [0.4, 0.5) is 4.39 Å². The van der Waals surface area contributed by atoms with Crippen LogP contribution in [0.25, 0.3) is 0 Å². The van der Waals surface area contributed by atoms with Crippen molar-refractivity contribution < 1.29 is 4.39 Å². The van der Waals surface area contributed by atoms with Gasteiger partial charge in [-0.15, -0.1) is 0 Å². The Labute approximate surface area is 134 Å². The SMILES string of the molecule is CNC(Cc1ccc(C(C)C)cc1)c1ccc(F)c(Br)c1. The Balaban J connectivity index is 2.16. The third kappa shape index (κ3) is 4.14. The lowest BCUT2D eigenvalue weighted by molar-refractivity contribution is 0.583. The van der Waals surface area contributed by atoms with Crippen molar-refractivity contribution in [3.05, 3.63) is 69.4 Å². The Bertz CT molecular complexity index is 593. The summed E-state index contributed by atoms with van der Waals surface area (Å²) in [5, 5.41) is 3.31. The van der Waals surface area contributed by atoms with Gasteiger partial charge >= 0.3 is 0 Å². The maximum Gasteiger partial charge on any atom is 0.137 e. The zero-order valence-corrected chi connectivity index (χ0v) is 14.2. The van der Waals surface area contributed by atoms with E-state index in [1.807, 2.05) is 19.2 Å². The fourth-order valence-electron chi connectivity index (χ4n) is 2.39. The number of hydrogen-bond acceptors (Lipinski definition) is 1. The normalized spacial score (nSPS) is 12.7. The Kier molecular flexibility index (Phi) is 5.54. The lowest BCUT2D eigenvalue weighted by Gasteiger charge is -2.18. The molecule has 2 aromatic carbocycles. The van der Waals surface area contributed by atoms with Gasteiger partial charge in [-0.25, -0.2) is 4.39 Å². The Morgan fingerprint density at radius 2 is 1.67 bits per heavy atom. The van der Waals surface area contributed by atoms with Gasteiger partial charge in [-0.2, -0.15) is 0 Å². The van der Waals surface area contributed by atoms with E-state index in [1.165, 1.54) is 17.2 Å². The summed E-state index contributed by atoms with van der Waals surface area (Å²) in [5.74, 6) is 0.321. The average Bonchev–Trinajstić information content (AvgIpc) is 2.48. The summed E-state index contributed by atoms with van der Waals surface area (Å²) < 4.78 is 13.9. The monoisotopic (exact) mass is 349 g/mol. The zero-order valence-electron chi connectivity index (χ0n) is 12.7. The summed E-state index contributed by atoms with van der Waals surface area (Å²) in [5.41, 5.74) is 3.71. The minimum Gasteiger partial charge on any atom is -0.313 e. The average molecular weight is 350 g/mol. The molecule has 112 valence electrons. The van der Waals surface area contributed by atoms with Crippen LogP contribution in [0.1, 0.15) is 42.5 Å². The van der Waals surface area contributed by atoms with E-state index in [0.717, 1.165) is 12.0 Å². The molecule has 0 fully saturated rings. The molecule has 0 aliphatic carbocycles. The highest BCUT2D eigenvalue weighted by Gasteiger charge is 2.12. The topological polar surface area (TPSA) is 12.0 Å². The second kappa shape index (κ2) is 7.19. The van der Waals surface area contributed by atoms with Gasteiger partial charge in [0.1, 0.15) is 5.82 Å². The van der Waals surface area contributed by atoms with Crippen LogP contribution >= 0.6 is 15.9 Å². The lowest BCUT2D eigenvalue weighted by Crippen LogP contribution is -2.19. The molecule has 0 saturated carbocycles. The van der Waals surface area contributed by atoms with E-state index in [0.29, 0.717) is 10.4 Å². The summed E-state index contributed by atoms with van der Waals surface area (Å²) in [4.78, 5) is 0. The van der Waals surface area contributed by atoms with Gasteiger partial charge in [0, 0.05) is 6.04 Å². The van der Waals surface area contributed by atoms with Gasteiger partial charge < -0.3 is 5.32 Å². The smallest absolute Gasteiger partial charge is 0.137 e. The molecule has 0 aromatic heterocycles. The minimum atomic E-state index is -0.227. The fourth-order valence-corrected chi connectivity index (χ4v) is 2.79. The van der Waals surface area contributed by atoms with Crippen molar-refractivity contribution in [2.45, 2.75) is 32.2 Å². The molecule has 2 rings (SSSR count). The molecule has 0 bridgehead atoms. The van der Waals surface area contributed by atoms with Crippen molar-refractivity contribution in [3.63, 3.8) is 0 Å². The maximum atomic E-state index is 13.3. The molecule has 3 heteroatoms. The van der Waals surface area contributed by atoms with Gasteiger partial charge in [-0.05, 0) is 64.1 Å². The Hall–Kier alpha value is -1.19. The summed E-state index contributed by atoms with van der Waals surface area (Å²) >= 11 is 3.25. The van der Waals surface area contributed by atoms with E-state index in [1.54, 1.807) is 0 Å². The molecule has 21 heavy (non-hydrogen) atoms. The first-order valence-electron chi connectivity index (χ1n) is 7.22. The van der Waals surface area contributed by atoms with Crippen LogP contribution in [-0.4, -0.2) is 7.05 Å². The molecule has 0 spiro atoms. The Morgan fingerprint density at radius 3 is 2.19 bits per heavy atom. The molecular weight excluding hydrogens is 329 g/mol. The first kappa shape index (κ1) is 16.2. The van der Waals surface area contributed by atoms with Crippen LogP contribution < -0.4 is 5.32 Å². The number of benzene rings is 2. The van der Waals surface area contributed by atoms with E-state index >= 15 is 0 Å². The van der Waals surface area contributed by atoms with Crippen molar-refractivity contribution in [1.82, 2.24) is 5.32 Å². The highest BCUT2D eigenvalue weighted by Crippen LogP contribution is 2.24. The van der Waals surface area contributed by atoms with Crippen molar-refractivity contribution in [2.24, 2.45) is 0 Å². The van der Waals surface area contributed by atoms with Crippen LogP contribution in [0.15, 0.2) is 46.9 Å². The van der Waals surface area contributed by atoms with Gasteiger partial charge in [0.2, 0.25) is 0 Å². The standard InChI is InChI=1S/C18H21BrFN/c1-12(2)14-6-4-13(5-7-14)10-18(21-3)15-8-9-17(20)16(19)11-15/h4-9,11-12,18,21H,10H2,1-3H3. The molecule has 0 saturated heterocycles. The van der Waals surface area contributed by atoms with Gasteiger partial charge in [-0.3, -0.25) is 0 Å². The molecule has 0 amide bonds. The number of likely N-dealkylation sites (N-methyl/N-ethyl adjacent to an activating group) is 1. The summed E-state index contributed by atoms with van der Waals surface area (Å²) in [7, 11) is 1.93. The molecular formula is C18H21BrFN. The lowest BCUT2D eigenvalue weighted by atomic mass is 9.96. The van der Waals surface area contributed by atoms with E-state index in [-0.39, 0.29) is 11.9 Å². The van der Waals surface area contributed by atoms with Crippen LogP contribution in [0, 0.1) is 5.82 Å². The number of rotatable bonds is 5. The fraction of sp³-hybridized carbons (Fsp3) is 0.333. The number of hydrogen-bond donors (Lipinski definition) is 1. The van der Waals surface area contributed by atoms with Crippen molar-refractivity contribution in [2.75, 3.05) is 7.05 Å². The predicted molar refractivity (Wildman–Crippen MR) is 90.1 cm³/mol. The largest absolute Gasteiger partial charge is 0.313 e. The highest BCUT2D eigenvalue weighted by molar-refractivity contribution is 9.10. The molecule has 0 aliphatic rings. The van der Waals surface area contributed by atoms with Gasteiger partial charge in [0.25, 0.3) is 0 Å². The van der Waals surface area contributed by atoms with Gasteiger partial charge in [-0.1, -0.05) is 44.2 Å².